The molecule has 1 fully saturated rings. The van der Waals surface area contributed by atoms with Gasteiger partial charge in [0.15, 0.2) is 0 Å². The second-order valence-electron chi connectivity index (χ2n) is 7.97. The molecule has 8 nitrogen and oxygen atoms in total. The number of carbonyl (C=O) groups is 3. The van der Waals surface area contributed by atoms with Crippen molar-refractivity contribution in [3.05, 3.63) is 29.8 Å². The lowest BCUT2D eigenvalue weighted by Crippen LogP contribution is -2.38. The van der Waals surface area contributed by atoms with Gasteiger partial charge in [-0.25, -0.2) is 14.4 Å². The molecule has 2 aliphatic heterocycles. The first kappa shape index (κ1) is 21.7. The maximum atomic E-state index is 12.5. The van der Waals surface area contributed by atoms with Crippen LogP contribution in [0.15, 0.2) is 24.3 Å². The first-order valence-corrected chi connectivity index (χ1v) is 9.36. The number of carboxylic acids is 2. The molecule has 1 aromatic rings. The molecule has 2 heterocycles. The van der Waals surface area contributed by atoms with E-state index >= 15 is 0 Å². The van der Waals surface area contributed by atoms with E-state index < -0.39 is 17.5 Å². The molecule has 2 unspecified atom stereocenters. The second-order valence-corrected chi connectivity index (χ2v) is 7.97. The Labute approximate surface area is 164 Å². The Morgan fingerprint density at radius 1 is 1.14 bits per heavy atom. The standard InChI is InChI=1S/C18H26N2O2.C2H2O4/c1-18(2,3)22-17(21)20-12-15(13-7-6-10-19-11-13)14-8-4-5-9-16(14)20;3-1(4)2(5)6/h4-5,8-9,13,15,19H,6-7,10-12H2,1-3H3;(H,3,4)(H,5,6). The molecule has 1 aromatic carbocycles. The average molecular weight is 392 g/mol. The van der Waals surface area contributed by atoms with Crippen molar-refractivity contribution < 1.29 is 29.3 Å². The van der Waals surface area contributed by atoms with Crippen LogP contribution in [0.4, 0.5) is 10.5 Å². The first-order valence-electron chi connectivity index (χ1n) is 9.36. The van der Waals surface area contributed by atoms with E-state index in [1.165, 1.54) is 18.4 Å². The number of piperidine rings is 1. The molecule has 0 bridgehead atoms. The number of aliphatic carboxylic acids is 2. The predicted molar refractivity (Wildman–Crippen MR) is 104 cm³/mol. The molecule has 0 aliphatic carbocycles. The molecule has 3 rings (SSSR count). The van der Waals surface area contributed by atoms with Crippen molar-refractivity contribution in [3.63, 3.8) is 0 Å². The zero-order valence-electron chi connectivity index (χ0n) is 16.5. The number of para-hydroxylation sites is 1. The number of ether oxygens (including phenoxy) is 1. The van der Waals surface area contributed by atoms with E-state index in [1.54, 1.807) is 0 Å². The first-order chi connectivity index (χ1) is 13.1. The number of nitrogens with one attached hydrogen (secondary N) is 1. The van der Waals surface area contributed by atoms with Gasteiger partial charge in [-0.1, -0.05) is 18.2 Å². The Bertz CT molecular complexity index is 710. The van der Waals surface area contributed by atoms with Gasteiger partial charge in [-0.2, -0.15) is 0 Å². The average Bonchev–Trinajstić information content (AvgIpc) is 3.01. The van der Waals surface area contributed by atoms with Crippen LogP contribution in [0, 0.1) is 5.92 Å². The summed E-state index contributed by atoms with van der Waals surface area (Å²) >= 11 is 0. The molecule has 0 aromatic heterocycles. The number of rotatable bonds is 1. The van der Waals surface area contributed by atoms with Gasteiger partial charge in [-0.05, 0) is 64.3 Å². The van der Waals surface area contributed by atoms with Crippen molar-refractivity contribution in [3.8, 4) is 0 Å². The molecule has 28 heavy (non-hydrogen) atoms. The SMILES string of the molecule is CC(C)(C)OC(=O)N1CC(C2CCCNC2)c2ccccc21.O=C(O)C(=O)O. The zero-order chi connectivity index (χ0) is 20.9. The molecule has 154 valence electrons. The van der Waals surface area contributed by atoms with Crippen molar-refractivity contribution in [2.24, 2.45) is 5.92 Å². The quantitative estimate of drug-likeness (QED) is 0.629. The lowest BCUT2D eigenvalue weighted by Gasteiger charge is -2.29. The van der Waals surface area contributed by atoms with E-state index in [4.69, 9.17) is 24.5 Å². The second kappa shape index (κ2) is 9.05. The fourth-order valence-electron chi connectivity index (χ4n) is 3.56. The molecule has 1 saturated heterocycles. The Hall–Kier alpha value is -2.61. The summed E-state index contributed by atoms with van der Waals surface area (Å²) in [5, 5.41) is 18.3. The Morgan fingerprint density at radius 3 is 2.32 bits per heavy atom. The minimum absolute atomic E-state index is 0.230. The van der Waals surface area contributed by atoms with Gasteiger partial charge in [0.1, 0.15) is 5.60 Å². The smallest absolute Gasteiger partial charge is 0.414 e. The number of hydrogen-bond acceptors (Lipinski definition) is 5. The summed E-state index contributed by atoms with van der Waals surface area (Å²) in [6.07, 6.45) is 2.22. The summed E-state index contributed by atoms with van der Waals surface area (Å²) in [7, 11) is 0. The molecule has 2 aliphatic rings. The van der Waals surface area contributed by atoms with Crippen molar-refractivity contribution in [1.29, 1.82) is 0 Å². The summed E-state index contributed by atoms with van der Waals surface area (Å²) < 4.78 is 5.59. The number of anilines is 1. The fraction of sp³-hybridized carbons (Fsp3) is 0.550. The minimum atomic E-state index is -1.82. The van der Waals surface area contributed by atoms with Crippen LogP contribution in [0.3, 0.4) is 0 Å². The Kier molecular flexibility index (Phi) is 7.01. The number of fused-ring (bicyclic) bond motifs is 1. The van der Waals surface area contributed by atoms with Gasteiger partial charge in [0.05, 0.1) is 5.69 Å². The lowest BCUT2D eigenvalue weighted by atomic mass is 9.83. The summed E-state index contributed by atoms with van der Waals surface area (Å²) in [5.74, 6) is -2.64. The van der Waals surface area contributed by atoms with Crippen LogP contribution in [0.2, 0.25) is 0 Å². The third kappa shape index (κ3) is 5.69. The number of benzene rings is 1. The van der Waals surface area contributed by atoms with Crippen molar-refractivity contribution in [2.45, 2.75) is 45.1 Å². The topological polar surface area (TPSA) is 116 Å². The van der Waals surface area contributed by atoms with Gasteiger partial charge >= 0.3 is 18.0 Å². The summed E-state index contributed by atoms with van der Waals surface area (Å²) in [6, 6.07) is 8.27. The zero-order valence-corrected chi connectivity index (χ0v) is 16.5. The Balaban J connectivity index is 0.000000409. The van der Waals surface area contributed by atoms with Gasteiger partial charge < -0.3 is 20.3 Å². The normalized spacial score (nSPS) is 21.2. The number of hydrogen-bond donors (Lipinski definition) is 3. The summed E-state index contributed by atoms with van der Waals surface area (Å²) in [5.41, 5.74) is 1.85. The highest BCUT2D eigenvalue weighted by Crippen LogP contribution is 2.42. The van der Waals surface area contributed by atoms with Crippen LogP contribution in [0.1, 0.15) is 45.1 Å². The molecule has 0 saturated carbocycles. The van der Waals surface area contributed by atoms with Crippen LogP contribution < -0.4 is 10.2 Å². The molecule has 0 radical (unpaired) electrons. The lowest BCUT2D eigenvalue weighted by molar-refractivity contribution is -0.159. The van der Waals surface area contributed by atoms with Crippen molar-refractivity contribution in [1.82, 2.24) is 5.32 Å². The highest BCUT2D eigenvalue weighted by Gasteiger charge is 2.38. The highest BCUT2D eigenvalue weighted by atomic mass is 16.6. The van der Waals surface area contributed by atoms with Gasteiger partial charge in [0.2, 0.25) is 0 Å². The molecule has 8 heteroatoms. The van der Waals surface area contributed by atoms with Crippen molar-refractivity contribution >= 4 is 23.7 Å². The monoisotopic (exact) mass is 392 g/mol. The molecule has 2 atom stereocenters. The molecule has 1 amide bonds. The largest absolute Gasteiger partial charge is 0.473 e. The minimum Gasteiger partial charge on any atom is -0.473 e. The van der Waals surface area contributed by atoms with E-state index in [1.807, 2.05) is 37.8 Å². The third-order valence-corrected chi connectivity index (χ3v) is 4.71. The van der Waals surface area contributed by atoms with E-state index in [9.17, 15) is 4.79 Å². The molecule has 0 spiro atoms. The van der Waals surface area contributed by atoms with Crippen molar-refractivity contribution in [2.75, 3.05) is 24.5 Å². The van der Waals surface area contributed by atoms with Gasteiger partial charge in [-0.3, -0.25) is 4.90 Å². The summed E-state index contributed by atoms with van der Waals surface area (Å²) in [6.45, 7) is 8.63. The molecular formula is C20H28N2O6. The predicted octanol–water partition coefficient (Wildman–Crippen LogP) is 2.68. The summed E-state index contributed by atoms with van der Waals surface area (Å²) in [4.78, 5) is 32.6. The van der Waals surface area contributed by atoms with Crippen LogP contribution in [0.25, 0.3) is 0 Å². The van der Waals surface area contributed by atoms with Crippen LogP contribution in [-0.4, -0.2) is 53.5 Å². The van der Waals surface area contributed by atoms with Crippen LogP contribution in [-0.2, 0) is 14.3 Å². The third-order valence-electron chi connectivity index (χ3n) is 4.71. The fourth-order valence-corrected chi connectivity index (χ4v) is 3.56. The van der Waals surface area contributed by atoms with E-state index in [2.05, 4.69) is 17.4 Å². The Morgan fingerprint density at radius 2 is 1.79 bits per heavy atom. The van der Waals surface area contributed by atoms with Crippen LogP contribution >= 0.6 is 0 Å². The molecular weight excluding hydrogens is 364 g/mol. The van der Waals surface area contributed by atoms with Gasteiger partial charge in [-0.15, -0.1) is 0 Å². The van der Waals surface area contributed by atoms with Gasteiger partial charge in [0.25, 0.3) is 0 Å². The van der Waals surface area contributed by atoms with E-state index in [0.29, 0.717) is 11.8 Å². The highest BCUT2D eigenvalue weighted by molar-refractivity contribution is 6.27. The van der Waals surface area contributed by atoms with E-state index in [-0.39, 0.29) is 6.09 Å². The molecule has 3 N–H and O–H groups in total. The number of carbonyl (C=O) groups excluding carboxylic acids is 1. The number of amides is 1. The van der Waals surface area contributed by atoms with Gasteiger partial charge in [0, 0.05) is 12.5 Å². The number of carboxylic acid groups (broad SMARTS) is 2. The number of nitrogens with zero attached hydrogens (tertiary/aromatic N) is 1. The van der Waals surface area contributed by atoms with E-state index in [0.717, 1.165) is 25.3 Å². The van der Waals surface area contributed by atoms with Crippen LogP contribution in [0.5, 0.6) is 0 Å². The maximum Gasteiger partial charge on any atom is 0.414 e. The maximum absolute atomic E-state index is 12.5.